The van der Waals surface area contributed by atoms with Crippen LogP contribution in [0.5, 0.6) is 5.88 Å². The van der Waals surface area contributed by atoms with Crippen LogP contribution in [0.25, 0.3) is 0 Å². The summed E-state index contributed by atoms with van der Waals surface area (Å²) in [6.07, 6.45) is 3.31. The third-order valence-corrected chi connectivity index (χ3v) is 4.28. The molecule has 1 atom stereocenters. The van der Waals surface area contributed by atoms with Crippen LogP contribution < -0.4 is 10.5 Å². The maximum Gasteiger partial charge on any atom is 0.254 e. The Morgan fingerprint density at radius 1 is 1.20 bits per heavy atom. The number of ether oxygens (including phenoxy) is 1. The zero-order chi connectivity index (χ0) is 17.6. The number of primary amides is 1. The third-order valence-electron chi connectivity index (χ3n) is 4.28. The number of aromatic nitrogens is 1. The number of likely N-dealkylation sites (tertiary alicyclic amines) is 1. The number of nitrogens with zero attached hydrogens (tertiary/aromatic N) is 2. The molecular formula is C19H21N3O3. The summed E-state index contributed by atoms with van der Waals surface area (Å²) in [6.45, 7) is 1.15. The van der Waals surface area contributed by atoms with E-state index >= 15 is 0 Å². The van der Waals surface area contributed by atoms with Gasteiger partial charge in [-0.25, -0.2) is 4.98 Å². The van der Waals surface area contributed by atoms with E-state index in [9.17, 15) is 9.59 Å². The first-order valence-corrected chi connectivity index (χ1v) is 8.36. The maximum absolute atomic E-state index is 12.4. The number of benzene rings is 1. The molecule has 130 valence electrons. The molecule has 0 spiro atoms. The summed E-state index contributed by atoms with van der Waals surface area (Å²) < 4.78 is 5.81. The molecule has 0 bridgehead atoms. The van der Waals surface area contributed by atoms with E-state index in [-0.39, 0.29) is 23.5 Å². The van der Waals surface area contributed by atoms with Gasteiger partial charge in [0, 0.05) is 25.6 Å². The molecule has 1 unspecified atom stereocenters. The average Bonchev–Trinajstić information content (AvgIpc) is 3.09. The highest BCUT2D eigenvalue weighted by atomic mass is 16.5. The Morgan fingerprint density at radius 2 is 2.00 bits per heavy atom. The van der Waals surface area contributed by atoms with Gasteiger partial charge in [0.25, 0.3) is 5.91 Å². The number of pyridine rings is 1. The molecule has 25 heavy (non-hydrogen) atoms. The highest BCUT2D eigenvalue weighted by Crippen LogP contribution is 2.20. The molecule has 1 aliphatic heterocycles. The van der Waals surface area contributed by atoms with Gasteiger partial charge in [-0.15, -0.1) is 0 Å². The summed E-state index contributed by atoms with van der Waals surface area (Å²) in [7, 11) is 0. The Morgan fingerprint density at radius 3 is 2.76 bits per heavy atom. The lowest BCUT2D eigenvalue weighted by molar-refractivity contribution is -0.130. The molecule has 1 aromatic heterocycles. The van der Waals surface area contributed by atoms with E-state index in [2.05, 4.69) is 4.98 Å². The molecule has 6 heteroatoms. The molecule has 3 rings (SSSR count). The van der Waals surface area contributed by atoms with Crippen molar-refractivity contribution < 1.29 is 14.3 Å². The van der Waals surface area contributed by atoms with Crippen molar-refractivity contribution in [3.8, 4) is 5.88 Å². The predicted molar refractivity (Wildman–Crippen MR) is 93.1 cm³/mol. The van der Waals surface area contributed by atoms with Gasteiger partial charge in [-0.2, -0.15) is 0 Å². The van der Waals surface area contributed by atoms with Gasteiger partial charge in [-0.05, 0) is 24.1 Å². The van der Waals surface area contributed by atoms with Gasteiger partial charge < -0.3 is 15.4 Å². The Bertz CT molecular complexity index is 749. The fourth-order valence-corrected chi connectivity index (χ4v) is 2.94. The Balaban J connectivity index is 1.53. The second-order valence-electron chi connectivity index (χ2n) is 6.07. The van der Waals surface area contributed by atoms with Crippen molar-refractivity contribution in [1.29, 1.82) is 0 Å². The molecule has 1 aliphatic rings. The Kier molecular flexibility index (Phi) is 5.28. The Labute approximate surface area is 146 Å². The van der Waals surface area contributed by atoms with Crippen molar-refractivity contribution in [1.82, 2.24) is 9.88 Å². The van der Waals surface area contributed by atoms with Gasteiger partial charge in [-0.1, -0.05) is 30.3 Å². The first-order chi connectivity index (χ1) is 12.1. The topological polar surface area (TPSA) is 85.5 Å². The van der Waals surface area contributed by atoms with Gasteiger partial charge in [0.2, 0.25) is 11.8 Å². The summed E-state index contributed by atoms with van der Waals surface area (Å²) >= 11 is 0. The van der Waals surface area contributed by atoms with E-state index in [0.29, 0.717) is 25.9 Å². The van der Waals surface area contributed by atoms with Crippen molar-refractivity contribution in [2.75, 3.05) is 13.1 Å². The quantitative estimate of drug-likeness (QED) is 0.869. The number of hydrogen-bond acceptors (Lipinski definition) is 4. The van der Waals surface area contributed by atoms with E-state index in [4.69, 9.17) is 10.5 Å². The minimum absolute atomic E-state index is 0.117. The summed E-state index contributed by atoms with van der Waals surface area (Å²) in [5.41, 5.74) is 6.75. The van der Waals surface area contributed by atoms with Crippen molar-refractivity contribution in [2.24, 2.45) is 5.73 Å². The minimum Gasteiger partial charge on any atom is -0.472 e. The van der Waals surface area contributed by atoms with Crippen LogP contribution in [0.3, 0.4) is 0 Å². The van der Waals surface area contributed by atoms with Crippen molar-refractivity contribution in [3.05, 3.63) is 59.8 Å². The van der Waals surface area contributed by atoms with Crippen LogP contribution in [0.4, 0.5) is 0 Å². The number of nitrogens with two attached hydrogens (primary N) is 1. The van der Waals surface area contributed by atoms with E-state index < -0.39 is 5.91 Å². The number of hydrogen-bond donors (Lipinski definition) is 1. The second-order valence-corrected chi connectivity index (χ2v) is 6.07. The summed E-state index contributed by atoms with van der Waals surface area (Å²) in [4.78, 5) is 29.7. The van der Waals surface area contributed by atoms with Crippen molar-refractivity contribution >= 4 is 11.8 Å². The zero-order valence-corrected chi connectivity index (χ0v) is 13.9. The molecule has 2 heterocycles. The molecule has 2 N–H and O–H groups in total. The van der Waals surface area contributed by atoms with E-state index in [0.717, 1.165) is 12.0 Å². The van der Waals surface area contributed by atoms with Gasteiger partial charge in [0.05, 0.1) is 6.54 Å². The van der Waals surface area contributed by atoms with Crippen molar-refractivity contribution in [2.45, 2.75) is 25.4 Å². The number of carbonyl (C=O) groups excluding carboxylic acids is 2. The van der Waals surface area contributed by atoms with Crippen LogP contribution in [0.15, 0.2) is 48.7 Å². The fourth-order valence-electron chi connectivity index (χ4n) is 2.94. The second kappa shape index (κ2) is 7.79. The lowest BCUT2D eigenvalue weighted by Crippen LogP contribution is -2.31. The number of amides is 2. The monoisotopic (exact) mass is 339 g/mol. The van der Waals surface area contributed by atoms with Gasteiger partial charge in [0.15, 0.2) is 0 Å². The normalized spacial score (nSPS) is 16.6. The van der Waals surface area contributed by atoms with Crippen LogP contribution in [0.2, 0.25) is 0 Å². The minimum atomic E-state index is -0.572. The molecule has 2 aromatic rings. The predicted octanol–water partition coefficient (Wildman–Crippen LogP) is 1.79. The zero-order valence-electron chi connectivity index (χ0n) is 13.9. The molecule has 2 amide bonds. The molecule has 0 aliphatic carbocycles. The van der Waals surface area contributed by atoms with E-state index in [1.807, 2.05) is 30.3 Å². The third kappa shape index (κ3) is 4.35. The van der Waals surface area contributed by atoms with E-state index in [1.54, 1.807) is 23.2 Å². The maximum atomic E-state index is 12.4. The van der Waals surface area contributed by atoms with Gasteiger partial charge >= 0.3 is 0 Å². The lowest BCUT2D eigenvalue weighted by Gasteiger charge is -2.17. The van der Waals surface area contributed by atoms with Crippen LogP contribution in [0, 0.1) is 0 Å². The van der Waals surface area contributed by atoms with Crippen LogP contribution in [-0.4, -0.2) is 40.9 Å². The molecule has 0 saturated carbocycles. The molecule has 1 saturated heterocycles. The standard InChI is InChI=1S/C19H21N3O3/c20-18(24)16-7-4-11-21-19(16)25-15-10-12-22(13-15)17(23)9-8-14-5-2-1-3-6-14/h1-7,11,15H,8-10,12-13H2,(H2,20,24). The van der Waals surface area contributed by atoms with Crippen molar-refractivity contribution in [3.63, 3.8) is 0 Å². The lowest BCUT2D eigenvalue weighted by atomic mass is 10.1. The highest BCUT2D eigenvalue weighted by Gasteiger charge is 2.28. The molecular weight excluding hydrogens is 318 g/mol. The fraction of sp³-hybridized carbons (Fsp3) is 0.316. The van der Waals surface area contributed by atoms with E-state index in [1.165, 1.54) is 0 Å². The summed E-state index contributed by atoms with van der Waals surface area (Å²) in [5.74, 6) is -0.221. The largest absolute Gasteiger partial charge is 0.472 e. The molecule has 1 fully saturated rings. The smallest absolute Gasteiger partial charge is 0.254 e. The number of aryl methyl sites for hydroxylation is 1. The molecule has 6 nitrogen and oxygen atoms in total. The average molecular weight is 339 g/mol. The van der Waals surface area contributed by atoms with Crippen LogP contribution >= 0.6 is 0 Å². The highest BCUT2D eigenvalue weighted by molar-refractivity contribution is 5.94. The molecule has 0 radical (unpaired) electrons. The Hall–Kier alpha value is -2.89. The van der Waals surface area contributed by atoms with Gasteiger partial charge in [-0.3, -0.25) is 9.59 Å². The summed E-state index contributed by atoms with van der Waals surface area (Å²) in [5, 5.41) is 0. The van der Waals surface area contributed by atoms with Crippen LogP contribution in [-0.2, 0) is 11.2 Å². The SMILES string of the molecule is NC(=O)c1cccnc1OC1CCN(C(=O)CCc2ccccc2)C1. The van der Waals surface area contributed by atoms with Gasteiger partial charge in [0.1, 0.15) is 11.7 Å². The number of rotatable bonds is 6. The first-order valence-electron chi connectivity index (χ1n) is 8.36. The first kappa shape index (κ1) is 17.0. The molecule has 1 aromatic carbocycles. The summed E-state index contributed by atoms with van der Waals surface area (Å²) in [6, 6.07) is 13.2. The number of carbonyl (C=O) groups is 2. The van der Waals surface area contributed by atoms with Crippen LogP contribution in [0.1, 0.15) is 28.8 Å².